The van der Waals surface area contributed by atoms with Gasteiger partial charge in [-0.15, -0.1) is 0 Å². The monoisotopic (exact) mass is 207 g/mol. The van der Waals surface area contributed by atoms with E-state index in [1.807, 2.05) is 6.07 Å². The fourth-order valence-corrected chi connectivity index (χ4v) is 3.03. The Hall–Kier alpha value is -0.800. The second kappa shape index (κ2) is 3.35. The predicted octanol–water partition coefficient (Wildman–Crippen LogP) is 1.73. The molecular weight excluding hydrogens is 190 g/mol. The molecule has 0 bridgehead atoms. The van der Waals surface area contributed by atoms with Crippen molar-refractivity contribution < 1.29 is 9.52 Å². The van der Waals surface area contributed by atoms with Gasteiger partial charge < -0.3 is 14.4 Å². The number of hydrogen-bond donors (Lipinski definition) is 1. The van der Waals surface area contributed by atoms with Gasteiger partial charge in [-0.1, -0.05) is 0 Å². The molecule has 2 atom stereocenters. The number of rotatable bonds is 1. The molecule has 82 valence electrons. The van der Waals surface area contributed by atoms with Crippen molar-refractivity contribution in [2.24, 2.45) is 0 Å². The Bertz CT molecular complexity index is 335. The minimum atomic E-state index is -0.640. The summed E-state index contributed by atoms with van der Waals surface area (Å²) in [6, 6.07) is 2.48. The van der Waals surface area contributed by atoms with Crippen LogP contribution in [-0.4, -0.2) is 29.1 Å². The largest absolute Gasteiger partial charge is 0.472 e. The maximum atomic E-state index is 10.6. The molecule has 1 N–H and O–H groups in total. The van der Waals surface area contributed by atoms with Crippen molar-refractivity contribution in [1.82, 2.24) is 4.90 Å². The van der Waals surface area contributed by atoms with Crippen LogP contribution in [0.3, 0.4) is 0 Å². The first-order chi connectivity index (χ1) is 7.28. The van der Waals surface area contributed by atoms with Crippen molar-refractivity contribution >= 4 is 0 Å². The van der Waals surface area contributed by atoms with E-state index in [0.717, 1.165) is 24.9 Å². The van der Waals surface area contributed by atoms with Crippen LogP contribution >= 0.6 is 0 Å². The molecule has 2 aliphatic heterocycles. The van der Waals surface area contributed by atoms with Gasteiger partial charge in [-0.25, -0.2) is 0 Å². The maximum Gasteiger partial charge on any atom is 0.0963 e. The fourth-order valence-electron chi connectivity index (χ4n) is 3.03. The highest BCUT2D eigenvalue weighted by atomic mass is 16.3. The van der Waals surface area contributed by atoms with Gasteiger partial charge in [0.05, 0.1) is 18.1 Å². The Kier molecular flexibility index (Phi) is 2.11. The van der Waals surface area contributed by atoms with Gasteiger partial charge >= 0.3 is 0 Å². The molecule has 0 aliphatic carbocycles. The summed E-state index contributed by atoms with van der Waals surface area (Å²) in [4.78, 5) is 2.51. The molecule has 2 fully saturated rings. The highest BCUT2D eigenvalue weighted by Crippen LogP contribution is 2.39. The molecular formula is C12H17NO2. The molecule has 1 aromatic heterocycles. The first-order valence-corrected chi connectivity index (χ1v) is 5.77. The first kappa shape index (κ1) is 9.43. The second-order valence-corrected chi connectivity index (χ2v) is 4.83. The third kappa shape index (κ3) is 1.50. The van der Waals surface area contributed by atoms with Crippen LogP contribution in [-0.2, 0) is 5.60 Å². The van der Waals surface area contributed by atoms with Crippen molar-refractivity contribution in [2.45, 2.75) is 37.3 Å². The second-order valence-electron chi connectivity index (χ2n) is 4.83. The van der Waals surface area contributed by atoms with E-state index in [9.17, 15) is 5.11 Å². The summed E-state index contributed by atoms with van der Waals surface area (Å²) in [6.07, 6.45) is 7.56. The molecule has 0 radical (unpaired) electrons. The lowest BCUT2D eigenvalue weighted by molar-refractivity contribution is -0.0412. The topological polar surface area (TPSA) is 36.6 Å². The van der Waals surface area contributed by atoms with Crippen molar-refractivity contribution in [3.8, 4) is 0 Å². The molecule has 2 saturated heterocycles. The molecule has 1 aromatic rings. The highest BCUT2D eigenvalue weighted by Gasteiger charge is 2.41. The molecule has 0 spiro atoms. The number of nitrogens with zero attached hydrogens (tertiary/aromatic N) is 1. The average Bonchev–Trinajstić information content (AvgIpc) is 2.87. The van der Waals surface area contributed by atoms with Gasteiger partial charge in [-0.3, -0.25) is 0 Å². The Morgan fingerprint density at radius 2 is 2.40 bits per heavy atom. The minimum absolute atomic E-state index is 0.582. The molecule has 2 aliphatic rings. The van der Waals surface area contributed by atoms with E-state index in [1.54, 1.807) is 12.5 Å². The van der Waals surface area contributed by atoms with Crippen LogP contribution in [0.4, 0.5) is 0 Å². The van der Waals surface area contributed by atoms with E-state index in [1.165, 1.54) is 19.4 Å². The highest BCUT2D eigenvalue weighted by molar-refractivity contribution is 5.18. The number of fused-ring (bicyclic) bond motifs is 1. The summed E-state index contributed by atoms with van der Waals surface area (Å²) in [6.45, 7) is 2.23. The zero-order valence-corrected chi connectivity index (χ0v) is 8.85. The van der Waals surface area contributed by atoms with Crippen molar-refractivity contribution in [2.75, 3.05) is 13.1 Å². The molecule has 3 heteroatoms. The molecule has 2 unspecified atom stereocenters. The van der Waals surface area contributed by atoms with E-state index in [2.05, 4.69) is 4.90 Å². The minimum Gasteiger partial charge on any atom is -0.472 e. The van der Waals surface area contributed by atoms with E-state index in [-0.39, 0.29) is 0 Å². The predicted molar refractivity (Wildman–Crippen MR) is 56.4 cm³/mol. The lowest BCUT2D eigenvalue weighted by Crippen LogP contribution is -2.45. The zero-order chi connectivity index (χ0) is 10.3. The first-order valence-electron chi connectivity index (χ1n) is 5.77. The van der Waals surface area contributed by atoms with E-state index in [4.69, 9.17) is 4.42 Å². The Labute approximate surface area is 89.7 Å². The number of furan rings is 1. The SMILES string of the molecule is OC1(c2ccoc2)CCN2CCCC2C1. The van der Waals surface area contributed by atoms with E-state index >= 15 is 0 Å². The van der Waals surface area contributed by atoms with Crippen LogP contribution in [0.15, 0.2) is 23.0 Å². The molecule has 3 rings (SSSR count). The fraction of sp³-hybridized carbons (Fsp3) is 0.667. The van der Waals surface area contributed by atoms with Crippen LogP contribution in [0.1, 0.15) is 31.2 Å². The molecule has 0 saturated carbocycles. The van der Waals surface area contributed by atoms with Crippen LogP contribution < -0.4 is 0 Å². The van der Waals surface area contributed by atoms with Gasteiger partial charge in [-0.2, -0.15) is 0 Å². The maximum absolute atomic E-state index is 10.6. The summed E-state index contributed by atoms with van der Waals surface area (Å²) in [5, 5.41) is 10.6. The lowest BCUT2D eigenvalue weighted by atomic mass is 9.82. The summed E-state index contributed by atoms with van der Waals surface area (Å²) >= 11 is 0. The summed E-state index contributed by atoms with van der Waals surface area (Å²) in [5.41, 5.74) is 0.312. The Morgan fingerprint density at radius 1 is 1.47 bits per heavy atom. The van der Waals surface area contributed by atoms with E-state index in [0.29, 0.717) is 6.04 Å². The summed E-state index contributed by atoms with van der Waals surface area (Å²) in [5.74, 6) is 0. The van der Waals surface area contributed by atoms with Gasteiger partial charge in [0.25, 0.3) is 0 Å². The smallest absolute Gasteiger partial charge is 0.0963 e. The van der Waals surface area contributed by atoms with Gasteiger partial charge in [0.1, 0.15) is 0 Å². The van der Waals surface area contributed by atoms with Gasteiger partial charge in [0, 0.05) is 18.2 Å². The average molecular weight is 207 g/mol. The standard InChI is InChI=1S/C12H17NO2/c14-12(10-3-7-15-9-10)4-6-13-5-1-2-11(13)8-12/h3,7,9,11,14H,1-2,4-6,8H2. The normalized spacial score (nSPS) is 36.7. The third-order valence-electron chi connectivity index (χ3n) is 3.94. The number of piperidine rings is 1. The van der Waals surface area contributed by atoms with E-state index < -0.39 is 5.60 Å². The van der Waals surface area contributed by atoms with Crippen molar-refractivity contribution in [3.63, 3.8) is 0 Å². The van der Waals surface area contributed by atoms with Crippen LogP contribution in [0.2, 0.25) is 0 Å². The van der Waals surface area contributed by atoms with Gasteiger partial charge in [-0.05, 0) is 38.3 Å². The van der Waals surface area contributed by atoms with Crippen molar-refractivity contribution in [3.05, 3.63) is 24.2 Å². The Balaban J connectivity index is 1.83. The van der Waals surface area contributed by atoms with Crippen molar-refractivity contribution in [1.29, 1.82) is 0 Å². The van der Waals surface area contributed by atoms with Crippen LogP contribution in [0, 0.1) is 0 Å². The number of aliphatic hydroxyl groups is 1. The molecule has 0 amide bonds. The summed E-state index contributed by atoms with van der Waals surface area (Å²) in [7, 11) is 0. The van der Waals surface area contributed by atoms with Crippen LogP contribution in [0.25, 0.3) is 0 Å². The quantitative estimate of drug-likeness (QED) is 0.762. The zero-order valence-electron chi connectivity index (χ0n) is 8.85. The van der Waals surface area contributed by atoms with Gasteiger partial charge in [0.15, 0.2) is 0 Å². The lowest BCUT2D eigenvalue weighted by Gasteiger charge is -2.40. The molecule has 3 nitrogen and oxygen atoms in total. The third-order valence-corrected chi connectivity index (χ3v) is 3.94. The molecule has 3 heterocycles. The number of hydrogen-bond acceptors (Lipinski definition) is 3. The van der Waals surface area contributed by atoms with Crippen LogP contribution in [0.5, 0.6) is 0 Å². The molecule has 0 aromatic carbocycles. The summed E-state index contributed by atoms with van der Waals surface area (Å²) < 4.78 is 5.07. The molecule has 15 heavy (non-hydrogen) atoms. The van der Waals surface area contributed by atoms with Gasteiger partial charge in [0.2, 0.25) is 0 Å². The Morgan fingerprint density at radius 3 is 3.20 bits per heavy atom.